The van der Waals surface area contributed by atoms with Crippen LogP contribution in [0, 0.1) is 5.92 Å². The van der Waals surface area contributed by atoms with E-state index in [1.54, 1.807) is 0 Å². The number of halogens is 1. The highest BCUT2D eigenvalue weighted by molar-refractivity contribution is 7.86. The van der Waals surface area contributed by atoms with Crippen LogP contribution in [-0.4, -0.2) is 56.7 Å². The fraction of sp³-hybridized carbons (Fsp3) is 0.588. The van der Waals surface area contributed by atoms with E-state index in [4.69, 9.17) is 11.6 Å². The largest absolute Gasteiger partial charge is 0.356 e. The van der Waals surface area contributed by atoms with Crippen molar-refractivity contribution in [2.24, 2.45) is 5.92 Å². The molecule has 0 radical (unpaired) electrons. The molecule has 1 atom stereocenters. The molecule has 2 rings (SSSR count). The average molecular weight is 388 g/mol. The molecule has 0 aliphatic carbocycles. The number of carbonyl (C=O) groups is 1. The molecule has 1 amide bonds. The molecule has 140 valence electrons. The highest BCUT2D eigenvalue weighted by atomic mass is 35.5. The molecule has 1 saturated heterocycles. The van der Waals surface area contributed by atoms with Gasteiger partial charge in [0.25, 0.3) is 10.2 Å². The summed E-state index contributed by atoms with van der Waals surface area (Å²) in [5.41, 5.74) is 1.07. The normalized spacial score (nSPS) is 19.1. The van der Waals surface area contributed by atoms with Crippen LogP contribution in [0.4, 0.5) is 0 Å². The van der Waals surface area contributed by atoms with Gasteiger partial charge in [-0.25, -0.2) is 0 Å². The molecule has 1 fully saturated rings. The minimum atomic E-state index is -3.46. The quantitative estimate of drug-likeness (QED) is 0.726. The van der Waals surface area contributed by atoms with E-state index >= 15 is 0 Å². The van der Waals surface area contributed by atoms with Gasteiger partial charge in [0, 0.05) is 38.8 Å². The van der Waals surface area contributed by atoms with Crippen LogP contribution in [0.1, 0.15) is 24.8 Å². The van der Waals surface area contributed by atoms with Crippen LogP contribution in [-0.2, 0) is 21.4 Å². The zero-order valence-corrected chi connectivity index (χ0v) is 16.3. The highest BCUT2D eigenvalue weighted by Gasteiger charge is 2.33. The molecule has 1 N–H and O–H groups in total. The molecule has 1 heterocycles. The Balaban J connectivity index is 1.80. The van der Waals surface area contributed by atoms with Gasteiger partial charge in [-0.1, -0.05) is 29.8 Å². The third kappa shape index (κ3) is 5.41. The molecule has 0 bridgehead atoms. The van der Waals surface area contributed by atoms with Crippen LogP contribution in [0.25, 0.3) is 0 Å². The number of piperidine rings is 1. The van der Waals surface area contributed by atoms with E-state index in [1.807, 2.05) is 24.3 Å². The third-order valence-electron chi connectivity index (χ3n) is 4.42. The maximum atomic E-state index is 12.3. The third-order valence-corrected chi connectivity index (χ3v) is 6.70. The first kappa shape index (κ1) is 20.2. The molecule has 8 heteroatoms. The van der Waals surface area contributed by atoms with Crippen molar-refractivity contribution in [3.63, 3.8) is 0 Å². The van der Waals surface area contributed by atoms with E-state index in [1.165, 1.54) is 22.7 Å². The Morgan fingerprint density at radius 3 is 2.76 bits per heavy atom. The average Bonchev–Trinajstić information content (AvgIpc) is 2.60. The molecule has 6 nitrogen and oxygen atoms in total. The van der Waals surface area contributed by atoms with Gasteiger partial charge in [0.1, 0.15) is 0 Å². The monoisotopic (exact) mass is 387 g/mol. The minimum absolute atomic E-state index is 0.0715. The summed E-state index contributed by atoms with van der Waals surface area (Å²) < 4.78 is 27.0. The summed E-state index contributed by atoms with van der Waals surface area (Å²) in [6.45, 7) is 1.27. The Morgan fingerprint density at radius 2 is 2.08 bits per heavy atom. The number of hydrogen-bond donors (Lipinski definition) is 1. The van der Waals surface area contributed by atoms with Crippen molar-refractivity contribution < 1.29 is 13.2 Å². The van der Waals surface area contributed by atoms with Crippen LogP contribution in [0.2, 0.25) is 5.02 Å². The molecular weight excluding hydrogens is 362 g/mol. The van der Waals surface area contributed by atoms with Crippen LogP contribution in [0.15, 0.2) is 24.3 Å². The number of aryl methyl sites for hydroxylation is 1. The predicted molar refractivity (Wildman–Crippen MR) is 99.7 cm³/mol. The van der Waals surface area contributed by atoms with Crippen molar-refractivity contribution in [2.45, 2.75) is 25.7 Å². The molecule has 1 aliphatic rings. The number of carbonyl (C=O) groups excluding carboxylic acids is 1. The number of rotatable bonds is 7. The van der Waals surface area contributed by atoms with E-state index in [0.29, 0.717) is 19.5 Å². The number of hydrogen-bond acceptors (Lipinski definition) is 3. The van der Waals surface area contributed by atoms with Gasteiger partial charge in [0.05, 0.1) is 5.92 Å². The summed E-state index contributed by atoms with van der Waals surface area (Å²) in [5.74, 6) is -0.360. The van der Waals surface area contributed by atoms with Crippen molar-refractivity contribution in [2.75, 3.05) is 33.7 Å². The topological polar surface area (TPSA) is 69.7 Å². The summed E-state index contributed by atoms with van der Waals surface area (Å²) in [5, 5.41) is 3.67. The first-order chi connectivity index (χ1) is 11.8. The lowest BCUT2D eigenvalue weighted by Gasteiger charge is -2.32. The fourth-order valence-corrected chi connectivity index (χ4v) is 4.35. The molecule has 25 heavy (non-hydrogen) atoms. The van der Waals surface area contributed by atoms with Gasteiger partial charge < -0.3 is 5.32 Å². The zero-order chi connectivity index (χ0) is 18.4. The first-order valence-electron chi connectivity index (χ1n) is 8.51. The van der Waals surface area contributed by atoms with E-state index in [2.05, 4.69) is 5.32 Å². The van der Waals surface area contributed by atoms with E-state index in [-0.39, 0.29) is 18.4 Å². The lowest BCUT2D eigenvalue weighted by atomic mass is 9.99. The second kappa shape index (κ2) is 8.98. The lowest BCUT2D eigenvalue weighted by Crippen LogP contribution is -2.48. The second-order valence-electron chi connectivity index (χ2n) is 6.47. The Kier molecular flexibility index (Phi) is 7.25. The van der Waals surface area contributed by atoms with Crippen LogP contribution < -0.4 is 5.32 Å². The summed E-state index contributed by atoms with van der Waals surface area (Å²) in [7, 11) is -0.445. The van der Waals surface area contributed by atoms with Crippen LogP contribution in [0.5, 0.6) is 0 Å². The van der Waals surface area contributed by atoms with Crippen molar-refractivity contribution in [1.29, 1.82) is 0 Å². The number of benzene rings is 1. The van der Waals surface area contributed by atoms with Gasteiger partial charge in [-0.3, -0.25) is 4.79 Å². The summed E-state index contributed by atoms with van der Waals surface area (Å²) in [4.78, 5) is 12.3. The highest BCUT2D eigenvalue weighted by Crippen LogP contribution is 2.20. The molecule has 0 aromatic heterocycles. The van der Waals surface area contributed by atoms with Crippen LogP contribution >= 0.6 is 11.6 Å². The molecule has 0 unspecified atom stereocenters. The van der Waals surface area contributed by atoms with Gasteiger partial charge in [0.15, 0.2) is 0 Å². The van der Waals surface area contributed by atoms with Crippen molar-refractivity contribution >= 4 is 27.7 Å². The number of amides is 1. The maximum Gasteiger partial charge on any atom is 0.281 e. The van der Waals surface area contributed by atoms with E-state index < -0.39 is 10.2 Å². The van der Waals surface area contributed by atoms with Gasteiger partial charge in [0.2, 0.25) is 5.91 Å². The Bertz CT molecular complexity index is 694. The fourth-order valence-electron chi connectivity index (χ4n) is 2.93. The van der Waals surface area contributed by atoms with Gasteiger partial charge in [-0.05, 0) is 37.3 Å². The number of nitrogens with one attached hydrogen (secondary N) is 1. The predicted octanol–water partition coefficient (Wildman–Crippen LogP) is 1.91. The molecule has 1 aromatic rings. The molecule has 1 aromatic carbocycles. The lowest BCUT2D eigenvalue weighted by molar-refractivity contribution is -0.126. The van der Waals surface area contributed by atoms with Crippen molar-refractivity contribution in [3.05, 3.63) is 34.9 Å². The smallest absolute Gasteiger partial charge is 0.281 e. The number of nitrogens with zero attached hydrogens (tertiary/aromatic N) is 2. The van der Waals surface area contributed by atoms with Gasteiger partial charge in [-0.2, -0.15) is 17.0 Å². The Hall–Kier alpha value is -1.15. The Morgan fingerprint density at radius 1 is 1.36 bits per heavy atom. The molecular formula is C17H26ClN3O3S. The van der Waals surface area contributed by atoms with Gasteiger partial charge in [-0.15, -0.1) is 0 Å². The standard InChI is InChI=1S/C17H26ClN3O3S/c1-20(2)25(23,24)21-12-6-9-15(13-21)17(22)19-11-5-8-14-7-3-4-10-16(14)18/h3-4,7,10,15H,5-6,8-9,11-13H2,1-2H3,(H,19,22)/t15-/m1/s1. The Labute approximate surface area is 155 Å². The summed E-state index contributed by atoms with van der Waals surface area (Å²) >= 11 is 6.12. The van der Waals surface area contributed by atoms with Crippen molar-refractivity contribution in [1.82, 2.24) is 13.9 Å². The molecule has 0 saturated carbocycles. The maximum absolute atomic E-state index is 12.3. The van der Waals surface area contributed by atoms with Crippen LogP contribution in [0.3, 0.4) is 0 Å². The zero-order valence-electron chi connectivity index (χ0n) is 14.7. The molecule has 1 aliphatic heterocycles. The SMILES string of the molecule is CN(C)S(=O)(=O)N1CCC[C@@H](C(=O)NCCCc2ccccc2Cl)C1. The van der Waals surface area contributed by atoms with Gasteiger partial charge >= 0.3 is 0 Å². The summed E-state index contributed by atoms with van der Waals surface area (Å²) in [6, 6.07) is 7.68. The van der Waals surface area contributed by atoms with E-state index in [0.717, 1.165) is 29.8 Å². The first-order valence-corrected chi connectivity index (χ1v) is 10.3. The summed E-state index contributed by atoms with van der Waals surface area (Å²) in [6.07, 6.45) is 3.01. The van der Waals surface area contributed by atoms with Crippen molar-refractivity contribution in [3.8, 4) is 0 Å². The minimum Gasteiger partial charge on any atom is -0.356 e. The van der Waals surface area contributed by atoms with E-state index in [9.17, 15) is 13.2 Å². The second-order valence-corrected chi connectivity index (χ2v) is 9.02. The molecule has 0 spiro atoms.